The first kappa shape index (κ1) is 29.5. The maximum absolute atomic E-state index is 13.9. The largest absolute Gasteiger partial charge is 0.417 e. The minimum atomic E-state index is -4.65. The number of aromatic nitrogens is 2. The van der Waals surface area contributed by atoms with Crippen LogP contribution in [-0.2, 0) is 18.2 Å². The Kier molecular flexibility index (Phi) is 8.14. The normalized spacial score (nSPS) is 15.3. The van der Waals surface area contributed by atoms with Gasteiger partial charge in [-0.25, -0.2) is 4.98 Å². The molecule has 0 spiro atoms. The van der Waals surface area contributed by atoms with E-state index in [0.717, 1.165) is 17.8 Å². The smallest absolute Gasteiger partial charge is 0.385 e. The fourth-order valence-corrected chi connectivity index (χ4v) is 5.76. The highest BCUT2D eigenvalue weighted by atomic mass is 35.5. The van der Waals surface area contributed by atoms with Crippen LogP contribution in [0.25, 0.3) is 17.1 Å². The topological polar surface area (TPSA) is 58.4 Å². The SMILES string of the molecule is CCc1c(C(=O)N2CCC(O)(c3ccc(Cl)c(C(F)(F)F)c3)CC2)nc(-c2ccccc2Cl)n1-c1ccc(Cl)cc1. The van der Waals surface area contributed by atoms with E-state index in [1.165, 1.54) is 6.07 Å². The van der Waals surface area contributed by atoms with Crippen molar-refractivity contribution in [3.63, 3.8) is 0 Å². The molecule has 214 valence electrons. The van der Waals surface area contributed by atoms with Crippen LogP contribution in [0.15, 0.2) is 66.7 Å². The third-order valence-electron chi connectivity index (χ3n) is 7.40. The molecule has 1 aliphatic rings. The molecule has 2 heterocycles. The van der Waals surface area contributed by atoms with Crippen LogP contribution in [0.4, 0.5) is 13.2 Å². The average molecular weight is 623 g/mol. The summed E-state index contributed by atoms with van der Waals surface area (Å²) in [5.74, 6) is 0.157. The van der Waals surface area contributed by atoms with Crippen LogP contribution >= 0.6 is 34.8 Å². The van der Waals surface area contributed by atoms with E-state index < -0.39 is 22.4 Å². The molecule has 5 rings (SSSR count). The van der Waals surface area contributed by atoms with Crippen molar-refractivity contribution in [2.45, 2.75) is 38.0 Å². The Morgan fingerprint density at radius 3 is 2.24 bits per heavy atom. The zero-order valence-electron chi connectivity index (χ0n) is 21.9. The quantitative estimate of drug-likeness (QED) is 0.244. The average Bonchev–Trinajstić information content (AvgIpc) is 3.32. The first-order valence-corrected chi connectivity index (χ1v) is 14.1. The van der Waals surface area contributed by atoms with Gasteiger partial charge >= 0.3 is 6.18 Å². The van der Waals surface area contributed by atoms with Gasteiger partial charge in [-0.3, -0.25) is 9.36 Å². The summed E-state index contributed by atoms with van der Waals surface area (Å²) < 4.78 is 42.2. The third-order valence-corrected chi connectivity index (χ3v) is 8.31. The van der Waals surface area contributed by atoms with Crippen molar-refractivity contribution < 1.29 is 23.1 Å². The van der Waals surface area contributed by atoms with Gasteiger partial charge in [0.15, 0.2) is 5.69 Å². The Hall–Kier alpha value is -3.04. The monoisotopic (exact) mass is 621 g/mol. The van der Waals surface area contributed by atoms with E-state index in [4.69, 9.17) is 39.8 Å². The number of piperidine rings is 1. The summed E-state index contributed by atoms with van der Waals surface area (Å²) in [5, 5.41) is 11.9. The number of carbonyl (C=O) groups is 1. The number of alkyl halides is 3. The number of imidazole rings is 1. The van der Waals surface area contributed by atoms with Crippen LogP contribution in [0.5, 0.6) is 0 Å². The zero-order valence-corrected chi connectivity index (χ0v) is 24.1. The van der Waals surface area contributed by atoms with Crippen molar-refractivity contribution in [1.82, 2.24) is 14.5 Å². The second-order valence-corrected chi connectivity index (χ2v) is 11.1. The first-order chi connectivity index (χ1) is 19.4. The lowest BCUT2D eigenvalue weighted by atomic mass is 9.83. The van der Waals surface area contributed by atoms with Crippen LogP contribution in [0.2, 0.25) is 15.1 Å². The summed E-state index contributed by atoms with van der Waals surface area (Å²) in [7, 11) is 0. The van der Waals surface area contributed by atoms with Crippen molar-refractivity contribution in [2.24, 2.45) is 0 Å². The van der Waals surface area contributed by atoms with Crippen LogP contribution in [-0.4, -0.2) is 38.6 Å². The Morgan fingerprint density at radius 2 is 1.63 bits per heavy atom. The minimum Gasteiger partial charge on any atom is -0.385 e. The third kappa shape index (κ3) is 5.71. The lowest BCUT2D eigenvalue weighted by molar-refractivity contribution is -0.137. The van der Waals surface area contributed by atoms with Gasteiger partial charge in [0.25, 0.3) is 5.91 Å². The van der Waals surface area contributed by atoms with Gasteiger partial charge in [0, 0.05) is 29.4 Å². The highest BCUT2D eigenvalue weighted by Gasteiger charge is 2.40. The second-order valence-electron chi connectivity index (χ2n) is 9.89. The lowest BCUT2D eigenvalue weighted by Crippen LogP contribution is -2.45. The van der Waals surface area contributed by atoms with Crippen molar-refractivity contribution >= 4 is 40.7 Å². The number of benzene rings is 3. The molecule has 0 radical (unpaired) electrons. The molecule has 0 atom stereocenters. The number of carbonyl (C=O) groups excluding carboxylic acids is 1. The number of hydrogen-bond acceptors (Lipinski definition) is 3. The summed E-state index contributed by atoms with van der Waals surface area (Å²) in [6.45, 7) is 2.17. The van der Waals surface area contributed by atoms with Gasteiger partial charge in [-0.15, -0.1) is 0 Å². The van der Waals surface area contributed by atoms with Gasteiger partial charge in [0.1, 0.15) is 5.82 Å². The molecule has 1 aliphatic heterocycles. The van der Waals surface area contributed by atoms with E-state index in [1.54, 1.807) is 29.2 Å². The van der Waals surface area contributed by atoms with Gasteiger partial charge in [-0.1, -0.05) is 59.9 Å². The fraction of sp³-hybridized carbons (Fsp3) is 0.267. The van der Waals surface area contributed by atoms with E-state index in [0.29, 0.717) is 33.5 Å². The molecule has 3 aromatic carbocycles. The molecule has 0 bridgehead atoms. The zero-order chi connectivity index (χ0) is 29.5. The van der Waals surface area contributed by atoms with E-state index in [2.05, 4.69) is 0 Å². The number of likely N-dealkylation sites (tertiary alicyclic amines) is 1. The van der Waals surface area contributed by atoms with Crippen molar-refractivity contribution in [3.05, 3.63) is 104 Å². The Labute approximate surface area is 250 Å². The molecular weight excluding hydrogens is 598 g/mol. The summed E-state index contributed by atoms with van der Waals surface area (Å²) >= 11 is 18.4. The van der Waals surface area contributed by atoms with Crippen LogP contribution in [0.3, 0.4) is 0 Å². The second kappa shape index (κ2) is 11.3. The van der Waals surface area contributed by atoms with Crippen molar-refractivity contribution in [2.75, 3.05) is 13.1 Å². The lowest BCUT2D eigenvalue weighted by Gasteiger charge is -2.38. The number of amides is 1. The number of rotatable bonds is 5. The number of nitrogens with zero attached hydrogens (tertiary/aromatic N) is 3. The molecule has 1 saturated heterocycles. The molecule has 0 unspecified atom stereocenters. The molecule has 41 heavy (non-hydrogen) atoms. The maximum Gasteiger partial charge on any atom is 0.417 e. The Bertz CT molecular complexity index is 1600. The standard InChI is InChI=1S/C30H25Cl3F3N3O2/c1-2-25-26(37-27(21-5-3-4-6-23(21)32)39(25)20-10-8-19(31)9-11-20)28(40)38-15-13-29(41,14-16-38)18-7-12-24(33)22(17-18)30(34,35)36/h3-12,17,41H,2,13-16H2,1H3. The van der Waals surface area contributed by atoms with Gasteiger partial charge in [-0.2, -0.15) is 13.2 Å². The summed E-state index contributed by atoms with van der Waals surface area (Å²) in [6, 6.07) is 17.8. The van der Waals surface area contributed by atoms with Crippen molar-refractivity contribution in [1.29, 1.82) is 0 Å². The van der Waals surface area contributed by atoms with E-state index in [1.807, 2.05) is 35.8 Å². The van der Waals surface area contributed by atoms with Crippen LogP contribution in [0.1, 0.15) is 47.1 Å². The van der Waals surface area contributed by atoms with Gasteiger partial charge in [0.2, 0.25) is 0 Å². The van der Waals surface area contributed by atoms with E-state index >= 15 is 0 Å². The predicted octanol–water partition coefficient (Wildman–Crippen LogP) is 8.20. The highest BCUT2D eigenvalue weighted by molar-refractivity contribution is 6.33. The van der Waals surface area contributed by atoms with Gasteiger partial charge in [-0.05, 0) is 73.4 Å². The first-order valence-electron chi connectivity index (χ1n) is 12.9. The van der Waals surface area contributed by atoms with Gasteiger partial charge in [0.05, 0.1) is 26.9 Å². The summed E-state index contributed by atoms with van der Waals surface area (Å²) in [5.41, 5.74) is -0.118. The Morgan fingerprint density at radius 1 is 0.976 bits per heavy atom. The Balaban J connectivity index is 1.48. The molecule has 4 aromatic rings. The van der Waals surface area contributed by atoms with Crippen LogP contribution < -0.4 is 0 Å². The van der Waals surface area contributed by atoms with Crippen molar-refractivity contribution in [3.8, 4) is 17.1 Å². The summed E-state index contributed by atoms with van der Waals surface area (Å²) in [6.07, 6.45) is -4.08. The minimum absolute atomic E-state index is 0.0500. The molecular formula is C30H25Cl3F3N3O2. The molecule has 5 nitrogen and oxygen atoms in total. The number of aliphatic hydroxyl groups is 1. The highest BCUT2D eigenvalue weighted by Crippen LogP contribution is 2.40. The summed E-state index contributed by atoms with van der Waals surface area (Å²) in [4.78, 5) is 20.2. The maximum atomic E-state index is 13.9. The van der Waals surface area contributed by atoms with E-state index in [9.17, 15) is 23.1 Å². The fourth-order valence-electron chi connectivity index (χ4n) is 5.19. The van der Waals surface area contributed by atoms with E-state index in [-0.39, 0.29) is 43.1 Å². The molecule has 0 aliphatic carbocycles. The van der Waals surface area contributed by atoms with Crippen LogP contribution in [0, 0.1) is 0 Å². The molecule has 11 heteroatoms. The molecule has 1 aromatic heterocycles. The van der Waals surface area contributed by atoms with Gasteiger partial charge < -0.3 is 10.0 Å². The molecule has 0 saturated carbocycles. The number of halogens is 6. The molecule has 1 fully saturated rings. The number of hydrogen-bond donors (Lipinski definition) is 1. The predicted molar refractivity (Wildman–Crippen MR) is 154 cm³/mol. The molecule has 1 N–H and O–H groups in total. The molecule has 1 amide bonds.